The molecule has 0 spiro atoms. The third kappa shape index (κ3) is 4.51. The summed E-state index contributed by atoms with van der Waals surface area (Å²) in [6.45, 7) is 4.00. The Balaban J connectivity index is 1.55. The number of anilines is 1. The Morgan fingerprint density at radius 3 is 2.00 bits per heavy atom. The quantitative estimate of drug-likeness (QED) is 0.562. The molecule has 0 radical (unpaired) electrons. The zero-order chi connectivity index (χ0) is 18.2. The van der Waals surface area contributed by atoms with E-state index in [0.717, 1.165) is 23.4 Å². The third-order valence-corrected chi connectivity index (χ3v) is 4.33. The van der Waals surface area contributed by atoms with Crippen LogP contribution in [0.1, 0.15) is 17.3 Å². The van der Waals surface area contributed by atoms with Crippen LogP contribution >= 0.6 is 0 Å². The van der Waals surface area contributed by atoms with Crippen molar-refractivity contribution >= 4 is 11.7 Å². The molecule has 3 rings (SSSR count). The van der Waals surface area contributed by atoms with E-state index in [4.69, 9.17) is 4.74 Å². The number of nitrogens with zero attached hydrogens (tertiary/aromatic N) is 1. The fourth-order valence-corrected chi connectivity index (χ4v) is 2.87. The summed E-state index contributed by atoms with van der Waals surface area (Å²) in [5, 5.41) is 0. The van der Waals surface area contributed by atoms with Crippen molar-refractivity contribution in [3.05, 3.63) is 90.5 Å². The van der Waals surface area contributed by atoms with Gasteiger partial charge in [0.2, 0.25) is 0 Å². The molecule has 0 heterocycles. The van der Waals surface area contributed by atoms with Crippen molar-refractivity contribution in [1.82, 2.24) is 0 Å². The summed E-state index contributed by atoms with van der Waals surface area (Å²) in [4.78, 5) is 14.4. The lowest BCUT2D eigenvalue weighted by atomic mass is 10.0. The summed E-state index contributed by atoms with van der Waals surface area (Å²) < 4.78 is 5.45. The van der Waals surface area contributed by atoms with Crippen LogP contribution in [0.25, 0.3) is 11.1 Å². The highest BCUT2D eigenvalue weighted by Crippen LogP contribution is 2.19. The molecule has 3 nitrogen and oxygen atoms in total. The summed E-state index contributed by atoms with van der Waals surface area (Å²) in [6, 6.07) is 27.8. The zero-order valence-corrected chi connectivity index (χ0v) is 15.0. The smallest absolute Gasteiger partial charge is 0.338 e. The van der Waals surface area contributed by atoms with E-state index < -0.39 is 0 Å². The van der Waals surface area contributed by atoms with Gasteiger partial charge in [0.25, 0.3) is 0 Å². The molecule has 0 unspecified atom stereocenters. The van der Waals surface area contributed by atoms with E-state index in [1.807, 2.05) is 60.7 Å². The number of likely N-dealkylation sites (N-methyl/N-ethyl adjacent to an activating group) is 1. The van der Waals surface area contributed by atoms with E-state index in [-0.39, 0.29) is 5.97 Å². The maximum atomic E-state index is 12.3. The monoisotopic (exact) mass is 345 g/mol. The number of ether oxygens (including phenoxy) is 1. The molecular formula is C23H23NO2. The van der Waals surface area contributed by atoms with Crippen molar-refractivity contribution in [2.24, 2.45) is 0 Å². The molecule has 26 heavy (non-hydrogen) atoms. The van der Waals surface area contributed by atoms with Gasteiger partial charge in [0, 0.05) is 12.2 Å². The van der Waals surface area contributed by atoms with Crippen LogP contribution in [0.15, 0.2) is 84.9 Å². The lowest BCUT2D eigenvalue weighted by Gasteiger charge is -2.22. The Morgan fingerprint density at radius 2 is 1.38 bits per heavy atom. The Bertz CT molecular complexity index is 814. The van der Waals surface area contributed by atoms with Crippen LogP contribution in [0.4, 0.5) is 5.69 Å². The molecule has 0 amide bonds. The van der Waals surface area contributed by atoms with Crippen LogP contribution in [0.2, 0.25) is 0 Å². The van der Waals surface area contributed by atoms with Crippen LogP contribution in [0.5, 0.6) is 0 Å². The van der Waals surface area contributed by atoms with Gasteiger partial charge in [-0.1, -0.05) is 60.7 Å². The van der Waals surface area contributed by atoms with E-state index >= 15 is 0 Å². The summed E-state index contributed by atoms with van der Waals surface area (Å²) in [6.07, 6.45) is 0. The molecule has 0 saturated heterocycles. The van der Waals surface area contributed by atoms with E-state index in [9.17, 15) is 4.79 Å². The molecular weight excluding hydrogens is 322 g/mol. The van der Waals surface area contributed by atoms with Crippen LogP contribution in [-0.2, 0) is 4.74 Å². The van der Waals surface area contributed by atoms with Gasteiger partial charge in [-0.05, 0) is 42.3 Å². The number of esters is 1. The predicted molar refractivity (Wildman–Crippen MR) is 106 cm³/mol. The first kappa shape index (κ1) is 17.7. The standard InChI is InChI=1S/C23H23NO2/c1-2-24(22-11-7-4-8-12-22)17-18-26-23(25)21-15-13-20(14-16-21)19-9-5-3-6-10-19/h3-16H,2,17-18H2,1H3. The minimum Gasteiger partial charge on any atom is -0.460 e. The molecule has 0 aliphatic rings. The first-order valence-electron chi connectivity index (χ1n) is 8.90. The van der Waals surface area contributed by atoms with E-state index in [0.29, 0.717) is 18.7 Å². The third-order valence-electron chi connectivity index (χ3n) is 4.33. The van der Waals surface area contributed by atoms with Crippen molar-refractivity contribution in [3.63, 3.8) is 0 Å². The molecule has 0 fully saturated rings. The first-order valence-corrected chi connectivity index (χ1v) is 8.90. The number of carbonyl (C=O) groups excluding carboxylic acids is 1. The average Bonchev–Trinajstić information content (AvgIpc) is 2.72. The normalized spacial score (nSPS) is 10.3. The topological polar surface area (TPSA) is 29.5 Å². The first-order chi connectivity index (χ1) is 12.8. The molecule has 3 aromatic rings. The van der Waals surface area contributed by atoms with Gasteiger partial charge < -0.3 is 9.64 Å². The van der Waals surface area contributed by atoms with Crippen LogP contribution in [0.3, 0.4) is 0 Å². The number of carbonyl (C=O) groups is 1. The summed E-state index contributed by atoms with van der Waals surface area (Å²) in [5.74, 6) is -0.284. The number of benzene rings is 3. The van der Waals surface area contributed by atoms with Gasteiger partial charge in [-0.15, -0.1) is 0 Å². The molecule has 0 saturated carbocycles. The van der Waals surface area contributed by atoms with E-state index in [1.165, 1.54) is 0 Å². The summed E-state index contributed by atoms with van der Waals surface area (Å²) in [5.41, 5.74) is 3.93. The largest absolute Gasteiger partial charge is 0.460 e. The lowest BCUT2D eigenvalue weighted by Crippen LogP contribution is -2.27. The van der Waals surface area contributed by atoms with Crippen LogP contribution in [-0.4, -0.2) is 25.7 Å². The zero-order valence-electron chi connectivity index (χ0n) is 15.0. The molecule has 0 bridgehead atoms. The van der Waals surface area contributed by atoms with Crippen LogP contribution < -0.4 is 4.90 Å². The summed E-state index contributed by atoms with van der Waals surface area (Å²) >= 11 is 0. The van der Waals surface area contributed by atoms with Crippen LogP contribution in [0, 0.1) is 0 Å². The average molecular weight is 345 g/mol. The van der Waals surface area contributed by atoms with Gasteiger partial charge in [-0.3, -0.25) is 0 Å². The Morgan fingerprint density at radius 1 is 0.808 bits per heavy atom. The number of rotatable bonds is 7. The molecule has 0 aliphatic carbocycles. The fourth-order valence-electron chi connectivity index (χ4n) is 2.87. The highest BCUT2D eigenvalue weighted by Gasteiger charge is 2.09. The molecule has 3 aromatic carbocycles. The Kier molecular flexibility index (Phi) is 6.05. The molecule has 0 N–H and O–H groups in total. The minimum absolute atomic E-state index is 0.284. The molecule has 0 atom stereocenters. The SMILES string of the molecule is CCN(CCOC(=O)c1ccc(-c2ccccc2)cc1)c1ccccc1. The number of hydrogen-bond acceptors (Lipinski definition) is 3. The lowest BCUT2D eigenvalue weighted by molar-refractivity contribution is 0.0515. The van der Waals surface area contributed by atoms with E-state index in [2.05, 4.69) is 36.1 Å². The van der Waals surface area contributed by atoms with Crippen molar-refractivity contribution in [1.29, 1.82) is 0 Å². The highest BCUT2D eigenvalue weighted by atomic mass is 16.5. The molecule has 3 heteroatoms. The second-order valence-corrected chi connectivity index (χ2v) is 5.99. The molecule has 0 aromatic heterocycles. The minimum atomic E-state index is -0.284. The second kappa shape index (κ2) is 8.86. The number of para-hydroxylation sites is 1. The van der Waals surface area contributed by atoms with Gasteiger partial charge in [0.15, 0.2) is 0 Å². The van der Waals surface area contributed by atoms with Gasteiger partial charge in [0.05, 0.1) is 12.1 Å². The maximum absolute atomic E-state index is 12.3. The molecule has 132 valence electrons. The second-order valence-electron chi connectivity index (χ2n) is 5.99. The summed E-state index contributed by atoms with van der Waals surface area (Å²) in [7, 11) is 0. The van der Waals surface area contributed by atoms with Gasteiger partial charge >= 0.3 is 5.97 Å². The predicted octanol–water partition coefficient (Wildman–Crippen LogP) is 5.04. The molecule has 0 aliphatic heterocycles. The van der Waals surface area contributed by atoms with Gasteiger partial charge in [-0.25, -0.2) is 4.79 Å². The van der Waals surface area contributed by atoms with Gasteiger partial charge in [0.1, 0.15) is 6.61 Å². The Hall–Kier alpha value is -3.07. The van der Waals surface area contributed by atoms with Crippen molar-refractivity contribution < 1.29 is 9.53 Å². The highest BCUT2D eigenvalue weighted by molar-refractivity contribution is 5.90. The van der Waals surface area contributed by atoms with E-state index in [1.54, 1.807) is 0 Å². The maximum Gasteiger partial charge on any atom is 0.338 e. The fraction of sp³-hybridized carbons (Fsp3) is 0.174. The van der Waals surface area contributed by atoms with Crippen molar-refractivity contribution in [2.45, 2.75) is 6.92 Å². The Labute approximate surface area is 154 Å². The van der Waals surface area contributed by atoms with Crippen molar-refractivity contribution in [3.8, 4) is 11.1 Å². The van der Waals surface area contributed by atoms with Gasteiger partial charge in [-0.2, -0.15) is 0 Å². The van der Waals surface area contributed by atoms with Crippen molar-refractivity contribution in [2.75, 3.05) is 24.6 Å². The number of hydrogen-bond donors (Lipinski definition) is 0.